The van der Waals surface area contributed by atoms with Crippen molar-refractivity contribution in [3.8, 4) is 5.75 Å². The molecule has 1 amide bonds. The number of esters is 1. The zero-order chi connectivity index (χ0) is 23.6. The SMILES string of the molecule is O=C(NC(Cc1cccc(O)c1C(=O)OCc1ccccc1)C(=O)O)OCc1ccccc1. The van der Waals surface area contributed by atoms with E-state index in [0.717, 1.165) is 11.1 Å². The normalized spacial score (nSPS) is 11.3. The number of rotatable bonds is 9. The molecule has 0 spiro atoms. The first-order valence-electron chi connectivity index (χ1n) is 10.2. The predicted octanol–water partition coefficient (Wildman–Crippen LogP) is 3.67. The van der Waals surface area contributed by atoms with E-state index in [1.165, 1.54) is 18.2 Å². The Kier molecular flexibility index (Phi) is 8.02. The van der Waals surface area contributed by atoms with Gasteiger partial charge in [0.15, 0.2) is 0 Å². The highest BCUT2D eigenvalue weighted by molar-refractivity contribution is 5.94. The van der Waals surface area contributed by atoms with E-state index in [9.17, 15) is 24.6 Å². The van der Waals surface area contributed by atoms with Crippen molar-refractivity contribution in [3.05, 3.63) is 101 Å². The van der Waals surface area contributed by atoms with Crippen LogP contribution < -0.4 is 5.32 Å². The number of phenolic OH excluding ortho intramolecular Hbond substituents is 1. The molecule has 1 atom stereocenters. The Balaban J connectivity index is 1.67. The number of carbonyl (C=O) groups is 3. The third-order valence-corrected chi connectivity index (χ3v) is 4.77. The maximum atomic E-state index is 12.7. The Morgan fingerprint density at radius 2 is 1.36 bits per heavy atom. The smallest absolute Gasteiger partial charge is 0.408 e. The number of ether oxygens (including phenoxy) is 2. The molecule has 0 bridgehead atoms. The van der Waals surface area contributed by atoms with E-state index in [1.54, 1.807) is 48.5 Å². The molecule has 33 heavy (non-hydrogen) atoms. The molecule has 0 saturated carbocycles. The highest BCUT2D eigenvalue weighted by Gasteiger charge is 2.26. The molecule has 0 aliphatic carbocycles. The van der Waals surface area contributed by atoms with E-state index in [1.807, 2.05) is 12.1 Å². The minimum Gasteiger partial charge on any atom is -0.507 e. The molecule has 0 saturated heterocycles. The summed E-state index contributed by atoms with van der Waals surface area (Å²) >= 11 is 0. The second-order valence-corrected chi connectivity index (χ2v) is 7.17. The standard InChI is InChI=1S/C25H23NO7/c27-21-13-7-12-19(22(21)24(30)32-15-17-8-3-1-4-9-17)14-20(23(28)29)26-25(31)33-16-18-10-5-2-6-11-18/h1-13,20,27H,14-16H2,(H,26,31)(H,28,29). The summed E-state index contributed by atoms with van der Waals surface area (Å²) in [5.41, 5.74) is 1.56. The lowest BCUT2D eigenvalue weighted by Gasteiger charge is -2.17. The maximum absolute atomic E-state index is 12.7. The van der Waals surface area contributed by atoms with Crippen molar-refractivity contribution in [1.82, 2.24) is 5.32 Å². The van der Waals surface area contributed by atoms with Crippen LogP contribution in [0.4, 0.5) is 4.79 Å². The van der Waals surface area contributed by atoms with Crippen molar-refractivity contribution in [1.29, 1.82) is 0 Å². The first kappa shape index (κ1) is 23.3. The van der Waals surface area contributed by atoms with Crippen LogP contribution in [0.2, 0.25) is 0 Å². The third kappa shape index (κ3) is 6.83. The Morgan fingerprint density at radius 3 is 1.94 bits per heavy atom. The van der Waals surface area contributed by atoms with E-state index >= 15 is 0 Å². The average Bonchev–Trinajstić information content (AvgIpc) is 2.82. The van der Waals surface area contributed by atoms with Gasteiger partial charge in [-0.25, -0.2) is 14.4 Å². The van der Waals surface area contributed by atoms with E-state index in [2.05, 4.69) is 5.32 Å². The molecule has 3 aromatic rings. The molecule has 0 heterocycles. The lowest BCUT2D eigenvalue weighted by Crippen LogP contribution is -2.42. The van der Waals surface area contributed by atoms with Gasteiger partial charge in [-0.2, -0.15) is 0 Å². The number of aromatic hydroxyl groups is 1. The molecule has 8 nitrogen and oxygen atoms in total. The van der Waals surface area contributed by atoms with Crippen molar-refractivity contribution in [2.24, 2.45) is 0 Å². The van der Waals surface area contributed by atoms with Gasteiger partial charge in [-0.3, -0.25) is 0 Å². The van der Waals surface area contributed by atoms with Crippen molar-refractivity contribution >= 4 is 18.0 Å². The fourth-order valence-electron chi connectivity index (χ4n) is 3.11. The molecule has 3 N–H and O–H groups in total. The molecule has 0 fully saturated rings. The van der Waals surface area contributed by atoms with Crippen LogP contribution in [0.3, 0.4) is 0 Å². The van der Waals surface area contributed by atoms with Gasteiger partial charge >= 0.3 is 18.0 Å². The number of aliphatic carboxylic acids is 1. The van der Waals surface area contributed by atoms with E-state index in [0.29, 0.717) is 0 Å². The molecular weight excluding hydrogens is 426 g/mol. The zero-order valence-electron chi connectivity index (χ0n) is 17.6. The molecule has 0 aliphatic heterocycles. The summed E-state index contributed by atoms with van der Waals surface area (Å²) < 4.78 is 10.4. The zero-order valence-corrected chi connectivity index (χ0v) is 17.6. The van der Waals surface area contributed by atoms with Crippen LogP contribution in [0.5, 0.6) is 5.75 Å². The van der Waals surface area contributed by atoms with Crippen LogP contribution >= 0.6 is 0 Å². The minimum atomic E-state index is -1.39. The van der Waals surface area contributed by atoms with Gasteiger partial charge in [0.2, 0.25) is 0 Å². The van der Waals surface area contributed by atoms with Gasteiger partial charge in [-0.1, -0.05) is 72.8 Å². The predicted molar refractivity (Wildman–Crippen MR) is 119 cm³/mol. The molecule has 0 radical (unpaired) electrons. The van der Waals surface area contributed by atoms with Gasteiger partial charge in [-0.15, -0.1) is 0 Å². The first-order valence-corrected chi connectivity index (χ1v) is 10.2. The van der Waals surface area contributed by atoms with Crippen LogP contribution in [0, 0.1) is 0 Å². The van der Waals surface area contributed by atoms with Crippen molar-refractivity contribution < 1.29 is 34.1 Å². The summed E-state index contributed by atoms with van der Waals surface area (Å²) in [4.78, 5) is 36.5. The summed E-state index contributed by atoms with van der Waals surface area (Å²) in [6, 6.07) is 20.8. The fraction of sp³-hybridized carbons (Fsp3) is 0.160. The van der Waals surface area contributed by atoms with Crippen molar-refractivity contribution in [2.45, 2.75) is 25.7 Å². The van der Waals surface area contributed by atoms with E-state index < -0.39 is 24.1 Å². The number of carboxylic acid groups (broad SMARTS) is 1. The number of phenols is 1. The van der Waals surface area contributed by atoms with Gasteiger partial charge in [0, 0.05) is 6.42 Å². The molecule has 3 rings (SSSR count). The Bertz CT molecular complexity index is 1100. The molecule has 170 valence electrons. The maximum Gasteiger partial charge on any atom is 0.408 e. The highest BCUT2D eigenvalue weighted by Crippen LogP contribution is 2.24. The summed E-state index contributed by atoms with van der Waals surface area (Å²) in [7, 11) is 0. The average molecular weight is 449 g/mol. The van der Waals surface area contributed by atoms with Gasteiger partial charge in [0.25, 0.3) is 0 Å². The van der Waals surface area contributed by atoms with Gasteiger partial charge in [-0.05, 0) is 22.8 Å². The Labute approximate surface area is 190 Å². The van der Waals surface area contributed by atoms with Crippen LogP contribution in [0.15, 0.2) is 78.9 Å². The van der Waals surface area contributed by atoms with Gasteiger partial charge < -0.3 is 25.0 Å². The molecule has 8 heteroatoms. The number of benzene rings is 3. The lowest BCUT2D eigenvalue weighted by molar-refractivity contribution is -0.139. The van der Waals surface area contributed by atoms with Gasteiger partial charge in [0.05, 0.1) is 0 Å². The monoisotopic (exact) mass is 449 g/mol. The fourth-order valence-corrected chi connectivity index (χ4v) is 3.11. The number of nitrogens with one attached hydrogen (secondary N) is 1. The first-order chi connectivity index (χ1) is 15.9. The third-order valence-electron chi connectivity index (χ3n) is 4.77. The van der Waals surface area contributed by atoms with Crippen LogP contribution in [-0.2, 0) is 33.9 Å². The number of hydrogen-bond acceptors (Lipinski definition) is 6. The topological polar surface area (TPSA) is 122 Å². The summed E-state index contributed by atoms with van der Waals surface area (Å²) in [6.07, 6.45) is -1.18. The second-order valence-electron chi connectivity index (χ2n) is 7.17. The van der Waals surface area contributed by atoms with Gasteiger partial charge in [0.1, 0.15) is 30.6 Å². The number of carbonyl (C=O) groups excluding carboxylic acids is 2. The summed E-state index contributed by atoms with van der Waals surface area (Å²) in [5.74, 6) is -2.47. The number of alkyl carbamates (subject to hydrolysis) is 1. The van der Waals surface area contributed by atoms with Crippen LogP contribution in [-0.4, -0.2) is 34.3 Å². The molecule has 0 aromatic heterocycles. The lowest BCUT2D eigenvalue weighted by atomic mass is 9.99. The quantitative estimate of drug-likeness (QED) is 0.426. The van der Waals surface area contributed by atoms with E-state index in [-0.39, 0.29) is 36.5 Å². The van der Waals surface area contributed by atoms with Crippen LogP contribution in [0.25, 0.3) is 0 Å². The summed E-state index contributed by atoms with van der Waals surface area (Å²) in [6.45, 7) is -0.0396. The highest BCUT2D eigenvalue weighted by atomic mass is 16.5. The molecule has 0 aliphatic rings. The number of hydrogen-bond donors (Lipinski definition) is 3. The Hall–Kier alpha value is -4.33. The molecule has 3 aromatic carbocycles. The number of amides is 1. The van der Waals surface area contributed by atoms with Crippen LogP contribution in [0.1, 0.15) is 27.0 Å². The van der Waals surface area contributed by atoms with E-state index in [4.69, 9.17) is 9.47 Å². The minimum absolute atomic E-state index is 0.0140. The largest absolute Gasteiger partial charge is 0.507 e. The molecular formula is C25H23NO7. The Morgan fingerprint density at radius 1 is 0.788 bits per heavy atom. The van der Waals surface area contributed by atoms with Crippen molar-refractivity contribution in [2.75, 3.05) is 0 Å². The number of carboxylic acids is 1. The summed E-state index contributed by atoms with van der Waals surface area (Å²) in [5, 5.41) is 22.1. The second kappa shape index (κ2) is 11.3. The molecule has 1 unspecified atom stereocenters. The van der Waals surface area contributed by atoms with Crippen molar-refractivity contribution in [3.63, 3.8) is 0 Å².